The summed E-state index contributed by atoms with van der Waals surface area (Å²) >= 11 is 1.32. The number of Topliss-reactive ketones (excluding diaryl/α,β-unsaturated/α-hetero) is 1. The third-order valence-corrected chi connectivity index (χ3v) is 6.32. The van der Waals surface area contributed by atoms with Gasteiger partial charge < -0.3 is 10.1 Å². The van der Waals surface area contributed by atoms with Crippen LogP contribution in [0.25, 0.3) is 10.4 Å². The minimum Gasteiger partial charge on any atom is -0.487 e. The summed E-state index contributed by atoms with van der Waals surface area (Å²) in [5.41, 5.74) is 2.74. The van der Waals surface area contributed by atoms with E-state index >= 15 is 0 Å². The molecule has 0 unspecified atom stereocenters. The summed E-state index contributed by atoms with van der Waals surface area (Å²) in [6, 6.07) is 8.22. The number of fused-ring (bicyclic) bond motifs is 1. The molecule has 1 N–H and O–H groups in total. The van der Waals surface area contributed by atoms with Gasteiger partial charge in [0.1, 0.15) is 23.4 Å². The number of carbonyl (C=O) groups excluding carboxylic acids is 2. The average Bonchev–Trinajstić information content (AvgIpc) is 3.43. The normalized spacial score (nSPS) is 15.0. The first kappa shape index (κ1) is 20.3. The highest BCUT2D eigenvalue weighted by atomic mass is 32.1. The Bertz CT molecular complexity index is 1130. The van der Waals surface area contributed by atoms with Crippen LogP contribution in [-0.4, -0.2) is 34.1 Å². The molecule has 3 aromatic rings. The maximum Gasteiger partial charge on any atom is 0.269 e. The number of rotatable bonds is 6. The molecule has 30 heavy (non-hydrogen) atoms. The number of thiophene rings is 1. The first-order chi connectivity index (χ1) is 14.4. The van der Waals surface area contributed by atoms with Crippen LogP contribution < -0.4 is 10.1 Å². The van der Waals surface area contributed by atoms with Crippen LogP contribution in [-0.2, 0) is 19.9 Å². The molecule has 156 valence electrons. The van der Waals surface area contributed by atoms with E-state index in [1.165, 1.54) is 30.4 Å². The Balaban J connectivity index is 1.49. The van der Waals surface area contributed by atoms with E-state index in [4.69, 9.17) is 4.74 Å². The Hall–Kier alpha value is -3.00. The van der Waals surface area contributed by atoms with E-state index in [1.54, 1.807) is 23.9 Å². The molecule has 1 aliphatic heterocycles. The van der Waals surface area contributed by atoms with Gasteiger partial charge in [-0.2, -0.15) is 5.10 Å². The molecular weight excluding hydrogens is 405 g/mol. The molecule has 6 nitrogen and oxygen atoms in total. The molecule has 1 atom stereocenters. The maximum atomic E-state index is 14.2. The Morgan fingerprint density at radius 2 is 2.13 bits per heavy atom. The van der Waals surface area contributed by atoms with Crippen molar-refractivity contribution in [3.05, 3.63) is 58.0 Å². The Morgan fingerprint density at radius 3 is 2.80 bits per heavy atom. The largest absolute Gasteiger partial charge is 0.487 e. The highest BCUT2D eigenvalue weighted by Gasteiger charge is 2.28. The summed E-state index contributed by atoms with van der Waals surface area (Å²) in [7, 11) is 1.74. The van der Waals surface area contributed by atoms with Crippen LogP contribution in [0.3, 0.4) is 0 Å². The van der Waals surface area contributed by atoms with Crippen LogP contribution in [0.4, 0.5) is 4.39 Å². The summed E-state index contributed by atoms with van der Waals surface area (Å²) < 4.78 is 21.9. The number of hydrogen-bond acceptors (Lipinski definition) is 5. The number of ketones is 1. The van der Waals surface area contributed by atoms with Crippen LogP contribution in [0.1, 0.15) is 45.3 Å². The first-order valence-electron chi connectivity index (χ1n) is 9.77. The van der Waals surface area contributed by atoms with Crippen LogP contribution in [0.15, 0.2) is 30.3 Å². The first-order valence-corrected chi connectivity index (χ1v) is 10.6. The fraction of sp³-hybridized carbons (Fsp3) is 0.318. The topological polar surface area (TPSA) is 73.2 Å². The number of hydrogen-bond donors (Lipinski definition) is 1. The van der Waals surface area contributed by atoms with Crippen molar-refractivity contribution in [3.63, 3.8) is 0 Å². The highest BCUT2D eigenvalue weighted by Crippen LogP contribution is 2.42. The summed E-state index contributed by atoms with van der Waals surface area (Å²) in [6.07, 6.45) is 0.956. The van der Waals surface area contributed by atoms with E-state index in [1.807, 2.05) is 13.0 Å². The van der Waals surface area contributed by atoms with Gasteiger partial charge in [0, 0.05) is 29.5 Å². The molecule has 1 aromatic carbocycles. The van der Waals surface area contributed by atoms with Crippen molar-refractivity contribution in [1.82, 2.24) is 15.1 Å². The van der Waals surface area contributed by atoms with E-state index in [2.05, 4.69) is 10.4 Å². The quantitative estimate of drug-likeness (QED) is 0.608. The summed E-state index contributed by atoms with van der Waals surface area (Å²) in [5, 5.41) is 7.18. The van der Waals surface area contributed by atoms with Gasteiger partial charge in [-0.15, -0.1) is 11.3 Å². The standard InChI is InChI=1S/C22H22FN3O3S/c1-4-15-10-18(26(3)25-15)22(28)24-11-16-8-13-7-14(23)9-17(21(13)29-16)20-6-5-19(30-20)12(2)27/h5-7,9-10,16H,4,8,11H2,1-3H3,(H,24,28)/t16-/m0/s1. The molecular formula is C22H22FN3O3S. The fourth-order valence-electron chi connectivity index (χ4n) is 3.57. The molecule has 2 aromatic heterocycles. The monoisotopic (exact) mass is 427 g/mol. The van der Waals surface area contributed by atoms with Gasteiger partial charge in [-0.1, -0.05) is 6.92 Å². The van der Waals surface area contributed by atoms with Crippen molar-refractivity contribution in [1.29, 1.82) is 0 Å². The fourth-order valence-corrected chi connectivity index (χ4v) is 4.49. The predicted molar refractivity (Wildman–Crippen MR) is 113 cm³/mol. The number of benzene rings is 1. The number of halogens is 1. The highest BCUT2D eigenvalue weighted by molar-refractivity contribution is 7.17. The predicted octanol–water partition coefficient (Wildman–Crippen LogP) is 3.79. The number of amides is 1. The van der Waals surface area contributed by atoms with E-state index in [0.29, 0.717) is 34.8 Å². The van der Waals surface area contributed by atoms with Crippen LogP contribution >= 0.6 is 11.3 Å². The van der Waals surface area contributed by atoms with Crippen LogP contribution in [0.2, 0.25) is 0 Å². The number of nitrogens with one attached hydrogen (secondary N) is 1. The van der Waals surface area contributed by atoms with Crippen molar-refractivity contribution < 1.29 is 18.7 Å². The zero-order valence-corrected chi connectivity index (χ0v) is 17.8. The molecule has 0 aliphatic carbocycles. The van der Waals surface area contributed by atoms with E-state index in [-0.39, 0.29) is 23.6 Å². The van der Waals surface area contributed by atoms with Crippen molar-refractivity contribution in [3.8, 4) is 16.2 Å². The van der Waals surface area contributed by atoms with Crippen molar-refractivity contribution in [2.45, 2.75) is 32.8 Å². The summed E-state index contributed by atoms with van der Waals surface area (Å²) in [6.45, 7) is 3.79. The molecule has 0 saturated heterocycles. The number of aromatic nitrogens is 2. The average molecular weight is 428 g/mol. The third kappa shape index (κ3) is 3.87. The zero-order chi connectivity index (χ0) is 21.4. The Labute approximate surface area is 177 Å². The van der Waals surface area contributed by atoms with Gasteiger partial charge in [0.25, 0.3) is 5.91 Å². The Morgan fingerprint density at radius 1 is 1.33 bits per heavy atom. The lowest BCUT2D eigenvalue weighted by Gasteiger charge is -2.13. The molecule has 0 radical (unpaired) electrons. The second kappa shape index (κ2) is 8.02. The Kier molecular flexibility index (Phi) is 5.42. The second-order valence-electron chi connectivity index (χ2n) is 7.31. The zero-order valence-electron chi connectivity index (χ0n) is 17.0. The van der Waals surface area contributed by atoms with Crippen molar-refractivity contribution in [2.24, 2.45) is 7.05 Å². The van der Waals surface area contributed by atoms with Gasteiger partial charge in [0.15, 0.2) is 5.78 Å². The molecule has 0 fully saturated rings. The van der Waals surface area contributed by atoms with Gasteiger partial charge in [-0.25, -0.2) is 4.39 Å². The number of ether oxygens (including phenoxy) is 1. The lowest BCUT2D eigenvalue weighted by atomic mass is 10.0. The van der Waals surface area contributed by atoms with E-state index < -0.39 is 0 Å². The van der Waals surface area contributed by atoms with E-state index in [9.17, 15) is 14.0 Å². The van der Waals surface area contributed by atoms with E-state index in [0.717, 1.165) is 22.6 Å². The third-order valence-electron chi connectivity index (χ3n) is 5.10. The lowest BCUT2D eigenvalue weighted by molar-refractivity contribution is 0.0923. The van der Waals surface area contributed by atoms with Gasteiger partial charge in [0.05, 0.1) is 17.1 Å². The molecule has 0 bridgehead atoms. The minimum atomic E-state index is -0.350. The van der Waals surface area contributed by atoms with Crippen molar-refractivity contribution >= 4 is 23.0 Å². The molecule has 0 spiro atoms. The molecule has 0 saturated carbocycles. The van der Waals surface area contributed by atoms with Gasteiger partial charge in [0.2, 0.25) is 0 Å². The number of aryl methyl sites for hydroxylation is 2. The summed E-state index contributed by atoms with van der Waals surface area (Å²) in [4.78, 5) is 25.5. The molecule has 8 heteroatoms. The maximum absolute atomic E-state index is 14.2. The van der Waals surface area contributed by atoms with Gasteiger partial charge >= 0.3 is 0 Å². The van der Waals surface area contributed by atoms with Crippen LogP contribution in [0.5, 0.6) is 5.75 Å². The van der Waals surface area contributed by atoms with Gasteiger partial charge in [-0.3, -0.25) is 14.3 Å². The molecule has 3 heterocycles. The molecule has 1 aliphatic rings. The number of carbonyl (C=O) groups is 2. The molecule has 1 amide bonds. The second-order valence-corrected chi connectivity index (χ2v) is 8.40. The summed E-state index contributed by atoms with van der Waals surface area (Å²) in [5.74, 6) is 0.0143. The SMILES string of the molecule is CCc1cc(C(=O)NC[C@@H]2Cc3cc(F)cc(-c4ccc(C(C)=O)s4)c3O2)n(C)n1. The molecule has 4 rings (SSSR count). The van der Waals surface area contributed by atoms with Crippen LogP contribution in [0, 0.1) is 5.82 Å². The smallest absolute Gasteiger partial charge is 0.269 e. The minimum absolute atomic E-state index is 0.0257. The van der Waals surface area contributed by atoms with Gasteiger partial charge in [-0.05, 0) is 43.7 Å². The van der Waals surface area contributed by atoms with Crippen molar-refractivity contribution in [2.75, 3.05) is 6.54 Å². The number of nitrogens with zero attached hydrogens (tertiary/aromatic N) is 2. The lowest BCUT2D eigenvalue weighted by Crippen LogP contribution is -2.35.